The first kappa shape index (κ1) is 15.6. The molecule has 3 aromatic rings. The molecule has 0 saturated heterocycles. The van der Waals surface area contributed by atoms with Gasteiger partial charge >= 0.3 is 6.03 Å². The molecule has 118 valence electrons. The van der Waals surface area contributed by atoms with Gasteiger partial charge in [0.25, 0.3) is 0 Å². The van der Waals surface area contributed by atoms with Crippen LogP contribution in [0.2, 0.25) is 0 Å². The van der Waals surface area contributed by atoms with Gasteiger partial charge in [-0.15, -0.1) is 0 Å². The number of aryl methyl sites for hydroxylation is 1. The van der Waals surface area contributed by atoms with E-state index in [0.717, 1.165) is 27.0 Å². The highest BCUT2D eigenvalue weighted by atomic mass is 79.9. The summed E-state index contributed by atoms with van der Waals surface area (Å²) in [6.07, 6.45) is 0. The molecule has 0 unspecified atom stereocenters. The van der Waals surface area contributed by atoms with Crippen molar-refractivity contribution in [1.82, 2.24) is 14.9 Å². The Morgan fingerprint density at radius 2 is 1.91 bits per heavy atom. The summed E-state index contributed by atoms with van der Waals surface area (Å²) >= 11 is 3.41. The molecule has 0 bridgehead atoms. The van der Waals surface area contributed by atoms with Crippen LogP contribution in [-0.2, 0) is 6.54 Å². The number of urea groups is 1. The first-order chi connectivity index (χ1) is 11.1. The van der Waals surface area contributed by atoms with Gasteiger partial charge in [0, 0.05) is 17.6 Å². The van der Waals surface area contributed by atoms with Crippen LogP contribution in [0.15, 0.2) is 53.0 Å². The zero-order valence-corrected chi connectivity index (χ0v) is 14.3. The summed E-state index contributed by atoms with van der Waals surface area (Å²) in [7, 11) is 0. The third-order valence-electron chi connectivity index (χ3n) is 3.59. The van der Waals surface area contributed by atoms with E-state index in [4.69, 9.17) is 0 Å². The van der Waals surface area contributed by atoms with Crippen molar-refractivity contribution in [3.63, 3.8) is 0 Å². The van der Waals surface area contributed by atoms with Crippen molar-refractivity contribution in [2.75, 3.05) is 11.9 Å². The fourth-order valence-corrected chi connectivity index (χ4v) is 2.87. The maximum Gasteiger partial charge on any atom is 0.319 e. The number of hydrogen-bond acceptors (Lipinski definition) is 2. The Kier molecular flexibility index (Phi) is 4.62. The molecular weight excluding hydrogens is 356 g/mol. The number of imidazole rings is 1. The van der Waals surface area contributed by atoms with Gasteiger partial charge in [-0.2, -0.15) is 0 Å². The maximum absolute atomic E-state index is 12.0. The van der Waals surface area contributed by atoms with Crippen LogP contribution < -0.4 is 10.6 Å². The second-order valence-corrected chi connectivity index (χ2v) is 6.01. The zero-order valence-electron chi connectivity index (χ0n) is 12.7. The summed E-state index contributed by atoms with van der Waals surface area (Å²) in [6, 6.07) is 15.3. The van der Waals surface area contributed by atoms with Gasteiger partial charge in [-0.05, 0) is 47.1 Å². The molecule has 0 atom stereocenters. The first-order valence-electron chi connectivity index (χ1n) is 7.36. The van der Waals surface area contributed by atoms with Gasteiger partial charge < -0.3 is 15.2 Å². The Bertz CT molecular complexity index is 843. The monoisotopic (exact) mass is 372 g/mol. The normalized spacial score (nSPS) is 10.7. The van der Waals surface area contributed by atoms with Crippen LogP contribution in [0.25, 0.3) is 11.0 Å². The molecule has 0 radical (unpaired) electrons. The predicted octanol–water partition coefficient (Wildman–Crippen LogP) is 3.93. The smallest absolute Gasteiger partial charge is 0.319 e. The van der Waals surface area contributed by atoms with E-state index in [2.05, 4.69) is 36.1 Å². The van der Waals surface area contributed by atoms with Gasteiger partial charge in [0.15, 0.2) is 0 Å². The molecule has 23 heavy (non-hydrogen) atoms. The first-order valence-corrected chi connectivity index (χ1v) is 8.16. The minimum Gasteiger partial charge on any atom is -0.336 e. The fourth-order valence-electron chi connectivity index (χ4n) is 2.49. The van der Waals surface area contributed by atoms with E-state index < -0.39 is 0 Å². The predicted molar refractivity (Wildman–Crippen MR) is 95.6 cm³/mol. The van der Waals surface area contributed by atoms with Gasteiger partial charge in [0.1, 0.15) is 5.82 Å². The maximum atomic E-state index is 12.0. The number of nitrogens with one attached hydrogen (secondary N) is 2. The van der Waals surface area contributed by atoms with Gasteiger partial charge in [-0.25, -0.2) is 9.78 Å². The lowest BCUT2D eigenvalue weighted by molar-refractivity contribution is 0.251. The summed E-state index contributed by atoms with van der Waals surface area (Å²) in [6.45, 7) is 3.17. The Hall–Kier alpha value is -2.34. The average Bonchev–Trinajstić information content (AvgIpc) is 2.86. The van der Waals surface area contributed by atoms with Crippen LogP contribution in [-0.4, -0.2) is 22.1 Å². The summed E-state index contributed by atoms with van der Waals surface area (Å²) in [5, 5.41) is 5.69. The third kappa shape index (κ3) is 3.53. The van der Waals surface area contributed by atoms with Crippen molar-refractivity contribution in [3.8, 4) is 0 Å². The van der Waals surface area contributed by atoms with Crippen LogP contribution in [0.3, 0.4) is 0 Å². The fraction of sp³-hybridized carbons (Fsp3) is 0.176. The van der Waals surface area contributed by atoms with Crippen molar-refractivity contribution in [3.05, 3.63) is 58.8 Å². The van der Waals surface area contributed by atoms with Gasteiger partial charge in [-0.3, -0.25) is 0 Å². The number of hydrogen-bond donors (Lipinski definition) is 2. The lowest BCUT2D eigenvalue weighted by atomic mass is 10.3. The standard InChI is InChI=1S/C17H17BrN4O/c1-12-20-15-8-4-5-9-16(15)22(12)11-10-19-17(23)21-14-7-3-2-6-13(14)18/h2-9H,10-11H2,1H3,(H2,19,21,23). The number of fused-ring (bicyclic) bond motifs is 1. The van der Waals surface area contributed by atoms with Gasteiger partial charge in [0.2, 0.25) is 0 Å². The van der Waals surface area contributed by atoms with Gasteiger partial charge in [-0.1, -0.05) is 24.3 Å². The molecule has 1 aromatic heterocycles. The van der Waals surface area contributed by atoms with Crippen LogP contribution in [0.5, 0.6) is 0 Å². The van der Waals surface area contributed by atoms with E-state index in [0.29, 0.717) is 13.1 Å². The number of carbonyl (C=O) groups excluding carboxylic acids is 1. The number of nitrogens with zero attached hydrogens (tertiary/aromatic N) is 2. The largest absolute Gasteiger partial charge is 0.336 e. The Morgan fingerprint density at radius 1 is 1.17 bits per heavy atom. The summed E-state index contributed by atoms with van der Waals surface area (Å²) in [4.78, 5) is 16.5. The van der Waals surface area contributed by atoms with E-state index in [1.54, 1.807) is 0 Å². The molecular formula is C17H17BrN4O. The number of anilines is 1. The van der Waals surface area contributed by atoms with Crippen molar-refractivity contribution >= 4 is 38.7 Å². The molecule has 2 aromatic carbocycles. The lowest BCUT2D eigenvalue weighted by Crippen LogP contribution is -2.31. The summed E-state index contributed by atoms with van der Waals surface area (Å²) in [5.74, 6) is 0.944. The number of amides is 2. The minimum absolute atomic E-state index is 0.223. The molecule has 0 aliphatic carbocycles. The Labute approximate surface area is 142 Å². The minimum atomic E-state index is -0.223. The quantitative estimate of drug-likeness (QED) is 0.728. The highest BCUT2D eigenvalue weighted by Crippen LogP contribution is 2.20. The van der Waals surface area contributed by atoms with Crippen LogP contribution in [0.4, 0.5) is 10.5 Å². The third-order valence-corrected chi connectivity index (χ3v) is 4.28. The van der Waals surface area contributed by atoms with E-state index >= 15 is 0 Å². The van der Waals surface area contributed by atoms with Crippen molar-refractivity contribution in [2.24, 2.45) is 0 Å². The highest BCUT2D eigenvalue weighted by molar-refractivity contribution is 9.10. The van der Waals surface area contributed by atoms with Crippen molar-refractivity contribution < 1.29 is 4.79 Å². The second kappa shape index (κ2) is 6.83. The van der Waals surface area contributed by atoms with Crippen LogP contribution in [0, 0.1) is 6.92 Å². The number of aromatic nitrogens is 2. The molecule has 1 heterocycles. The molecule has 5 nitrogen and oxygen atoms in total. The van der Waals surface area contributed by atoms with E-state index in [1.807, 2.05) is 55.5 Å². The zero-order chi connectivity index (χ0) is 16.2. The van der Waals surface area contributed by atoms with Crippen LogP contribution in [0.1, 0.15) is 5.82 Å². The number of benzene rings is 2. The number of halogens is 1. The number of rotatable bonds is 4. The molecule has 2 N–H and O–H groups in total. The van der Waals surface area contributed by atoms with E-state index in [9.17, 15) is 4.79 Å². The Balaban J connectivity index is 1.59. The SMILES string of the molecule is Cc1nc2ccccc2n1CCNC(=O)Nc1ccccc1Br. The molecule has 0 saturated carbocycles. The molecule has 3 rings (SSSR count). The van der Waals surface area contributed by atoms with E-state index in [-0.39, 0.29) is 6.03 Å². The Morgan fingerprint density at radius 3 is 2.74 bits per heavy atom. The van der Waals surface area contributed by atoms with Crippen LogP contribution >= 0.6 is 15.9 Å². The number of carbonyl (C=O) groups is 1. The molecule has 0 aliphatic rings. The molecule has 0 fully saturated rings. The van der Waals surface area contributed by atoms with Gasteiger partial charge in [0.05, 0.1) is 16.7 Å². The molecule has 6 heteroatoms. The topological polar surface area (TPSA) is 59.0 Å². The van der Waals surface area contributed by atoms with Crippen molar-refractivity contribution in [1.29, 1.82) is 0 Å². The van der Waals surface area contributed by atoms with E-state index in [1.165, 1.54) is 0 Å². The van der Waals surface area contributed by atoms with Crippen molar-refractivity contribution in [2.45, 2.75) is 13.5 Å². The summed E-state index contributed by atoms with van der Waals surface area (Å²) in [5.41, 5.74) is 2.80. The lowest BCUT2D eigenvalue weighted by Gasteiger charge is -2.10. The average molecular weight is 373 g/mol. The molecule has 0 aliphatic heterocycles. The highest BCUT2D eigenvalue weighted by Gasteiger charge is 2.07. The summed E-state index contributed by atoms with van der Waals surface area (Å²) < 4.78 is 2.96. The second-order valence-electron chi connectivity index (χ2n) is 5.16. The number of para-hydroxylation sites is 3. The molecule has 2 amide bonds. The molecule has 0 spiro atoms.